The number of thiophene rings is 1. The van der Waals surface area contributed by atoms with Crippen LogP contribution in [0.3, 0.4) is 0 Å². The molecule has 0 unspecified atom stereocenters. The molecule has 4 nitrogen and oxygen atoms in total. The van der Waals surface area contributed by atoms with E-state index in [-0.39, 0.29) is 0 Å². The van der Waals surface area contributed by atoms with Gasteiger partial charge in [0.2, 0.25) is 0 Å². The third-order valence-electron chi connectivity index (χ3n) is 6.01. The number of para-hydroxylation sites is 1. The third-order valence-corrected chi connectivity index (χ3v) is 6.89. The molecule has 4 heterocycles. The summed E-state index contributed by atoms with van der Waals surface area (Å²) in [5, 5.41) is 3.39. The molecule has 5 rings (SSSR count). The average molecular weight is 403 g/mol. The Balaban J connectivity index is 1.37. The first kappa shape index (κ1) is 18.5. The first-order valence-electron chi connectivity index (χ1n) is 10.4. The zero-order valence-corrected chi connectivity index (χ0v) is 17.6. The Labute approximate surface area is 175 Å². The van der Waals surface area contributed by atoms with Crippen LogP contribution in [0.5, 0.6) is 0 Å². The topological polar surface area (TPSA) is 34.0 Å². The molecule has 0 amide bonds. The molecule has 0 saturated carbocycles. The maximum absolute atomic E-state index is 5.12. The number of pyridine rings is 1. The number of piperidine rings is 1. The lowest BCUT2D eigenvalue weighted by atomic mass is 9.96. The molecule has 1 fully saturated rings. The molecule has 148 valence electrons. The molecule has 1 aliphatic heterocycles. The Morgan fingerprint density at radius 3 is 2.79 bits per heavy atom. The van der Waals surface area contributed by atoms with Crippen molar-refractivity contribution < 1.29 is 0 Å². The molecule has 1 saturated heterocycles. The summed E-state index contributed by atoms with van der Waals surface area (Å²) < 4.78 is 2.21. The molecule has 0 spiro atoms. The SMILES string of the molecule is Cc1cccc2cc(CN3CCC(Cn4ccnc4)CC3)c(-c3cccs3)nc12. The second-order valence-corrected chi connectivity index (χ2v) is 9.05. The van der Waals surface area contributed by atoms with Crippen molar-refractivity contribution in [3.63, 3.8) is 0 Å². The van der Waals surface area contributed by atoms with Crippen molar-refractivity contribution in [2.24, 2.45) is 5.92 Å². The van der Waals surface area contributed by atoms with Crippen LogP contribution < -0.4 is 0 Å². The Morgan fingerprint density at radius 1 is 1.14 bits per heavy atom. The van der Waals surface area contributed by atoms with E-state index in [1.54, 1.807) is 11.3 Å². The van der Waals surface area contributed by atoms with Gasteiger partial charge in [-0.15, -0.1) is 11.3 Å². The number of imidazole rings is 1. The van der Waals surface area contributed by atoms with Gasteiger partial charge < -0.3 is 4.57 Å². The minimum atomic E-state index is 0.745. The lowest BCUT2D eigenvalue weighted by Gasteiger charge is -2.32. The lowest BCUT2D eigenvalue weighted by Crippen LogP contribution is -2.34. The maximum atomic E-state index is 5.12. The minimum absolute atomic E-state index is 0.745. The molecule has 0 atom stereocenters. The summed E-state index contributed by atoms with van der Waals surface area (Å²) in [7, 11) is 0. The number of benzene rings is 1. The standard InChI is InChI=1S/C24H26N4S/c1-18-4-2-5-20-14-21(24(26-23(18)20)22-6-3-13-29-22)16-27-10-7-19(8-11-27)15-28-12-9-25-17-28/h2-6,9,12-14,17,19H,7-8,10-11,15-16H2,1H3. The number of hydrogen-bond donors (Lipinski definition) is 0. The van der Waals surface area contributed by atoms with Gasteiger partial charge >= 0.3 is 0 Å². The predicted octanol–water partition coefficient (Wildman–Crippen LogP) is 5.38. The van der Waals surface area contributed by atoms with Crippen molar-refractivity contribution in [2.75, 3.05) is 13.1 Å². The van der Waals surface area contributed by atoms with Gasteiger partial charge in [0.25, 0.3) is 0 Å². The summed E-state index contributed by atoms with van der Waals surface area (Å²) >= 11 is 1.78. The van der Waals surface area contributed by atoms with Crippen molar-refractivity contribution in [3.8, 4) is 10.6 Å². The summed E-state index contributed by atoms with van der Waals surface area (Å²) in [5.41, 5.74) is 4.87. The van der Waals surface area contributed by atoms with Crippen LogP contribution in [0, 0.1) is 12.8 Å². The molecule has 5 heteroatoms. The lowest BCUT2D eigenvalue weighted by molar-refractivity contribution is 0.167. The fourth-order valence-electron chi connectivity index (χ4n) is 4.40. The van der Waals surface area contributed by atoms with Gasteiger partial charge in [-0.2, -0.15) is 0 Å². The summed E-state index contributed by atoms with van der Waals surface area (Å²) in [6, 6.07) is 13.2. The number of hydrogen-bond acceptors (Lipinski definition) is 4. The van der Waals surface area contributed by atoms with E-state index >= 15 is 0 Å². The third kappa shape index (κ3) is 3.98. The van der Waals surface area contributed by atoms with E-state index in [0.29, 0.717) is 0 Å². The van der Waals surface area contributed by atoms with Crippen molar-refractivity contribution in [3.05, 3.63) is 71.6 Å². The Morgan fingerprint density at radius 2 is 2.03 bits per heavy atom. The summed E-state index contributed by atoms with van der Waals surface area (Å²) in [6.45, 7) is 6.51. The van der Waals surface area contributed by atoms with Crippen LogP contribution in [0.2, 0.25) is 0 Å². The van der Waals surface area contributed by atoms with Gasteiger partial charge in [0, 0.05) is 30.9 Å². The van der Waals surface area contributed by atoms with Gasteiger partial charge in [0.15, 0.2) is 0 Å². The minimum Gasteiger partial charge on any atom is -0.337 e. The number of fused-ring (bicyclic) bond motifs is 1. The highest BCUT2D eigenvalue weighted by Crippen LogP contribution is 2.32. The molecule has 1 aromatic carbocycles. The number of aryl methyl sites for hydroxylation is 1. The maximum Gasteiger partial charge on any atom is 0.0945 e. The summed E-state index contributed by atoms with van der Waals surface area (Å²) in [4.78, 5) is 13.2. The average Bonchev–Trinajstić information content (AvgIpc) is 3.44. The van der Waals surface area contributed by atoms with Gasteiger partial charge in [0.1, 0.15) is 0 Å². The first-order valence-corrected chi connectivity index (χ1v) is 11.3. The molecule has 4 aromatic rings. The summed E-state index contributed by atoms with van der Waals surface area (Å²) in [6.07, 6.45) is 8.36. The molecule has 1 aliphatic rings. The highest BCUT2D eigenvalue weighted by molar-refractivity contribution is 7.13. The van der Waals surface area contributed by atoms with Gasteiger partial charge in [-0.25, -0.2) is 9.97 Å². The van der Waals surface area contributed by atoms with Crippen LogP contribution in [0.25, 0.3) is 21.5 Å². The van der Waals surface area contributed by atoms with Crippen molar-refractivity contribution in [2.45, 2.75) is 32.9 Å². The number of nitrogens with zero attached hydrogens (tertiary/aromatic N) is 4. The van der Waals surface area contributed by atoms with Crippen LogP contribution in [0.15, 0.2) is 60.5 Å². The van der Waals surface area contributed by atoms with Crippen molar-refractivity contribution >= 4 is 22.2 Å². The predicted molar refractivity (Wildman–Crippen MR) is 120 cm³/mol. The Hall–Kier alpha value is -2.50. The van der Waals surface area contributed by atoms with Gasteiger partial charge in [-0.05, 0) is 67.4 Å². The zero-order chi connectivity index (χ0) is 19.6. The second kappa shape index (κ2) is 8.09. The van der Waals surface area contributed by atoms with Crippen LogP contribution in [-0.2, 0) is 13.1 Å². The second-order valence-electron chi connectivity index (χ2n) is 8.10. The Kier molecular flexibility index (Phi) is 5.17. The summed E-state index contributed by atoms with van der Waals surface area (Å²) in [5.74, 6) is 0.745. The van der Waals surface area contributed by atoms with Gasteiger partial charge in [0.05, 0.1) is 22.4 Å². The van der Waals surface area contributed by atoms with Crippen LogP contribution in [-0.4, -0.2) is 32.5 Å². The molecule has 0 aliphatic carbocycles. The molecular formula is C24H26N4S. The van der Waals surface area contributed by atoms with E-state index in [1.807, 2.05) is 12.5 Å². The molecule has 3 aromatic heterocycles. The van der Waals surface area contributed by atoms with E-state index in [1.165, 1.54) is 34.2 Å². The molecule has 0 bridgehead atoms. The molecule has 0 N–H and O–H groups in total. The fourth-order valence-corrected chi connectivity index (χ4v) is 5.15. The number of likely N-dealkylation sites (tertiary alicyclic amines) is 1. The zero-order valence-electron chi connectivity index (χ0n) is 16.8. The van der Waals surface area contributed by atoms with E-state index in [2.05, 4.69) is 69.3 Å². The smallest absolute Gasteiger partial charge is 0.0945 e. The number of aromatic nitrogens is 3. The van der Waals surface area contributed by atoms with E-state index < -0.39 is 0 Å². The van der Waals surface area contributed by atoms with E-state index in [9.17, 15) is 0 Å². The first-order chi connectivity index (χ1) is 14.3. The quantitative estimate of drug-likeness (QED) is 0.449. The Bertz CT molecular complexity index is 1080. The molecular weight excluding hydrogens is 376 g/mol. The highest BCUT2D eigenvalue weighted by Gasteiger charge is 2.21. The van der Waals surface area contributed by atoms with Crippen LogP contribution in [0.4, 0.5) is 0 Å². The molecule has 29 heavy (non-hydrogen) atoms. The van der Waals surface area contributed by atoms with Gasteiger partial charge in [-0.3, -0.25) is 4.90 Å². The van der Waals surface area contributed by atoms with E-state index in [0.717, 1.165) is 43.3 Å². The fraction of sp³-hybridized carbons (Fsp3) is 0.333. The largest absolute Gasteiger partial charge is 0.337 e. The number of rotatable bonds is 5. The highest BCUT2D eigenvalue weighted by atomic mass is 32.1. The molecule has 0 radical (unpaired) electrons. The van der Waals surface area contributed by atoms with E-state index in [4.69, 9.17) is 4.98 Å². The van der Waals surface area contributed by atoms with Crippen molar-refractivity contribution in [1.82, 2.24) is 19.4 Å². The monoisotopic (exact) mass is 402 g/mol. The van der Waals surface area contributed by atoms with Crippen LogP contribution >= 0.6 is 11.3 Å². The van der Waals surface area contributed by atoms with Crippen molar-refractivity contribution in [1.29, 1.82) is 0 Å². The van der Waals surface area contributed by atoms with Crippen LogP contribution in [0.1, 0.15) is 24.0 Å². The van der Waals surface area contributed by atoms with Gasteiger partial charge in [-0.1, -0.05) is 24.3 Å². The normalized spacial score (nSPS) is 15.9.